The molecule has 0 unspecified atom stereocenters. The Bertz CT molecular complexity index is 406. The fourth-order valence-electron chi connectivity index (χ4n) is 1.61. The average molecular weight is 249 g/mol. The molecule has 0 saturated heterocycles. The number of rotatable bonds is 5. The van der Waals surface area contributed by atoms with Crippen LogP contribution in [0.4, 0.5) is 0 Å². The number of nitrogens with two attached hydrogens (primary N) is 1. The van der Waals surface area contributed by atoms with Gasteiger partial charge in [-0.1, -0.05) is 30.3 Å². The fraction of sp³-hybridized carbons (Fsp3) is 0.385. The first-order chi connectivity index (χ1) is 8.54. The molecule has 3 N–H and O–H groups in total. The predicted molar refractivity (Wildman–Crippen MR) is 69.8 cm³/mol. The topological polar surface area (TPSA) is 75.4 Å². The molecule has 1 aromatic rings. The highest BCUT2D eigenvalue weighted by Gasteiger charge is 2.19. The standard InChI is InChI=1S/C13H19N3O2/c1-15-12(17)9-16(2)13(18)11(14)8-10-6-4-3-5-7-10/h3-7,11H,8-9,14H2,1-2H3,(H,15,17)/t11-/m1/s1. The highest BCUT2D eigenvalue weighted by atomic mass is 16.2. The molecule has 0 aliphatic rings. The summed E-state index contributed by atoms with van der Waals surface area (Å²) in [6.07, 6.45) is 0.470. The first kappa shape index (κ1) is 14.2. The van der Waals surface area contributed by atoms with Crippen molar-refractivity contribution in [3.63, 3.8) is 0 Å². The third kappa shape index (κ3) is 4.18. The second-order valence-corrected chi connectivity index (χ2v) is 4.16. The van der Waals surface area contributed by atoms with E-state index >= 15 is 0 Å². The van der Waals surface area contributed by atoms with Crippen LogP contribution in [0.1, 0.15) is 5.56 Å². The Balaban J connectivity index is 2.53. The number of nitrogens with zero attached hydrogens (tertiary/aromatic N) is 1. The van der Waals surface area contributed by atoms with Crippen LogP contribution in [0, 0.1) is 0 Å². The zero-order chi connectivity index (χ0) is 13.5. The predicted octanol–water partition coefficient (Wildman–Crippen LogP) is -0.239. The van der Waals surface area contributed by atoms with Crippen LogP contribution in [0.25, 0.3) is 0 Å². The minimum atomic E-state index is -0.623. The van der Waals surface area contributed by atoms with Gasteiger partial charge in [-0.15, -0.1) is 0 Å². The molecule has 0 aliphatic heterocycles. The molecule has 18 heavy (non-hydrogen) atoms. The zero-order valence-corrected chi connectivity index (χ0v) is 10.7. The number of carbonyl (C=O) groups excluding carboxylic acids is 2. The Labute approximate surface area is 107 Å². The summed E-state index contributed by atoms with van der Waals surface area (Å²) < 4.78 is 0. The molecule has 0 bridgehead atoms. The first-order valence-electron chi connectivity index (χ1n) is 5.79. The summed E-state index contributed by atoms with van der Waals surface area (Å²) in [7, 11) is 3.10. The molecule has 5 heteroatoms. The lowest BCUT2D eigenvalue weighted by Crippen LogP contribution is -2.46. The average Bonchev–Trinajstić information content (AvgIpc) is 2.38. The van der Waals surface area contributed by atoms with Crippen LogP contribution in [-0.4, -0.2) is 43.4 Å². The molecule has 5 nitrogen and oxygen atoms in total. The molecule has 0 aliphatic carbocycles. The van der Waals surface area contributed by atoms with E-state index in [0.29, 0.717) is 6.42 Å². The number of nitrogens with one attached hydrogen (secondary N) is 1. The van der Waals surface area contributed by atoms with Gasteiger partial charge >= 0.3 is 0 Å². The van der Waals surface area contributed by atoms with Crippen molar-refractivity contribution in [2.24, 2.45) is 5.73 Å². The van der Waals surface area contributed by atoms with Gasteiger partial charge in [-0.05, 0) is 12.0 Å². The highest BCUT2D eigenvalue weighted by Crippen LogP contribution is 2.03. The molecule has 0 saturated carbocycles. The van der Waals surface area contributed by atoms with E-state index in [1.807, 2.05) is 30.3 Å². The molecule has 1 atom stereocenters. The van der Waals surface area contributed by atoms with Crippen molar-refractivity contribution >= 4 is 11.8 Å². The molecule has 2 amide bonds. The minimum absolute atomic E-state index is 0.0256. The number of likely N-dealkylation sites (N-methyl/N-ethyl adjacent to an activating group) is 2. The lowest BCUT2D eigenvalue weighted by Gasteiger charge is -2.20. The van der Waals surface area contributed by atoms with Crippen molar-refractivity contribution in [3.05, 3.63) is 35.9 Å². The van der Waals surface area contributed by atoms with Crippen molar-refractivity contribution in [1.82, 2.24) is 10.2 Å². The van der Waals surface area contributed by atoms with E-state index in [1.54, 1.807) is 7.05 Å². The van der Waals surface area contributed by atoms with Gasteiger partial charge in [-0.3, -0.25) is 9.59 Å². The summed E-state index contributed by atoms with van der Waals surface area (Å²) in [4.78, 5) is 24.4. The molecule has 0 radical (unpaired) electrons. The van der Waals surface area contributed by atoms with Crippen molar-refractivity contribution in [2.75, 3.05) is 20.6 Å². The van der Waals surface area contributed by atoms with Crippen LogP contribution in [0.5, 0.6) is 0 Å². The number of benzene rings is 1. The second-order valence-electron chi connectivity index (χ2n) is 4.16. The number of carbonyl (C=O) groups is 2. The van der Waals surface area contributed by atoms with Gasteiger partial charge in [-0.2, -0.15) is 0 Å². The maximum atomic E-state index is 11.9. The van der Waals surface area contributed by atoms with Crippen LogP contribution >= 0.6 is 0 Å². The van der Waals surface area contributed by atoms with E-state index in [9.17, 15) is 9.59 Å². The number of hydrogen-bond donors (Lipinski definition) is 2. The minimum Gasteiger partial charge on any atom is -0.358 e. The Morgan fingerprint density at radius 3 is 2.50 bits per heavy atom. The highest BCUT2D eigenvalue weighted by molar-refractivity contribution is 5.87. The van der Waals surface area contributed by atoms with Gasteiger partial charge in [0.2, 0.25) is 11.8 Å². The smallest absolute Gasteiger partial charge is 0.240 e. The maximum absolute atomic E-state index is 11.9. The Morgan fingerprint density at radius 1 is 1.33 bits per heavy atom. The Kier molecular flexibility index (Phi) is 5.32. The molecule has 1 rings (SSSR count). The molecule has 0 spiro atoms. The van der Waals surface area contributed by atoms with Crippen LogP contribution in [0.3, 0.4) is 0 Å². The van der Waals surface area contributed by atoms with Crippen LogP contribution in [0.2, 0.25) is 0 Å². The van der Waals surface area contributed by atoms with E-state index in [2.05, 4.69) is 5.32 Å². The largest absolute Gasteiger partial charge is 0.358 e. The lowest BCUT2D eigenvalue weighted by atomic mass is 10.1. The summed E-state index contributed by atoms with van der Waals surface area (Å²) in [6.45, 7) is 0.0256. The summed E-state index contributed by atoms with van der Waals surface area (Å²) in [6, 6.07) is 8.94. The Morgan fingerprint density at radius 2 is 1.94 bits per heavy atom. The lowest BCUT2D eigenvalue weighted by molar-refractivity contribution is -0.135. The summed E-state index contributed by atoms with van der Waals surface area (Å²) in [5.41, 5.74) is 6.85. The van der Waals surface area contributed by atoms with Crippen LogP contribution in [-0.2, 0) is 16.0 Å². The van der Waals surface area contributed by atoms with Gasteiger partial charge in [0.25, 0.3) is 0 Å². The van der Waals surface area contributed by atoms with Crippen LogP contribution < -0.4 is 11.1 Å². The second kappa shape index (κ2) is 6.76. The van der Waals surface area contributed by atoms with Gasteiger partial charge in [0.05, 0.1) is 12.6 Å². The fourth-order valence-corrected chi connectivity index (χ4v) is 1.61. The molecule has 98 valence electrons. The van der Waals surface area contributed by atoms with Gasteiger partial charge in [0.15, 0.2) is 0 Å². The first-order valence-corrected chi connectivity index (χ1v) is 5.79. The van der Waals surface area contributed by atoms with E-state index in [0.717, 1.165) is 5.56 Å². The summed E-state index contributed by atoms with van der Waals surface area (Å²) in [5.74, 6) is -0.444. The van der Waals surface area contributed by atoms with Crippen molar-refractivity contribution in [3.8, 4) is 0 Å². The third-order valence-corrected chi connectivity index (χ3v) is 2.65. The van der Waals surface area contributed by atoms with Crippen molar-refractivity contribution in [2.45, 2.75) is 12.5 Å². The maximum Gasteiger partial charge on any atom is 0.240 e. The Hall–Kier alpha value is -1.88. The van der Waals surface area contributed by atoms with Crippen LogP contribution in [0.15, 0.2) is 30.3 Å². The number of hydrogen-bond acceptors (Lipinski definition) is 3. The monoisotopic (exact) mass is 249 g/mol. The summed E-state index contributed by atoms with van der Waals surface area (Å²) in [5, 5.41) is 2.47. The van der Waals surface area contributed by atoms with E-state index in [4.69, 9.17) is 5.73 Å². The van der Waals surface area contributed by atoms with Crippen molar-refractivity contribution < 1.29 is 9.59 Å². The van der Waals surface area contributed by atoms with Gasteiger partial charge in [0.1, 0.15) is 0 Å². The van der Waals surface area contributed by atoms with Gasteiger partial charge < -0.3 is 16.0 Å². The molecular weight excluding hydrogens is 230 g/mol. The third-order valence-electron chi connectivity index (χ3n) is 2.65. The number of amides is 2. The molecule has 1 aromatic carbocycles. The quantitative estimate of drug-likeness (QED) is 0.756. The molecular formula is C13H19N3O2. The molecule has 0 aromatic heterocycles. The zero-order valence-electron chi connectivity index (χ0n) is 10.7. The summed E-state index contributed by atoms with van der Waals surface area (Å²) >= 11 is 0. The SMILES string of the molecule is CNC(=O)CN(C)C(=O)[C@H](N)Cc1ccccc1. The van der Waals surface area contributed by atoms with E-state index in [-0.39, 0.29) is 18.4 Å². The van der Waals surface area contributed by atoms with E-state index < -0.39 is 6.04 Å². The molecule has 0 fully saturated rings. The van der Waals surface area contributed by atoms with Gasteiger partial charge in [0, 0.05) is 14.1 Å². The van der Waals surface area contributed by atoms with Crippen molar-refractivity contribution in [1.29, 1.82) is 0 Å². The molecule has 0 heterocycles. The van der Waals surface area contributed by atoms with E-state index in [1.165, 1.54) is 11.9 Å². The normalized spacial score (nSPS) is 11.7. The van der Waals surface area contributed by atoms with Gasteiger partial charge in [-0.25, -0.2) is 0 Å².